The van der Waals surface area contributed by atoms with Crippen molar-refractivity contribution in [3.05, 3.63) is 58.4 Å². The third kappa shape index (κ3) is 2.45. The highest BCUT2D eigenvalue weighted by atomic mass is 35.5. The standard InChI is InChI=1S/C17H14ClN5O/c1-10-6-7-12(14(18)20-10)16(24)22-17-21-13-5-3-2-4-11(13)15-19-8-9-23(15)17/h2-7H,8-9H2,1H3,(H,21,22,24). The van der Waals surface area contributed by atoms with E-state index in [4.69, 9.17) is 11.6 Å². The van der Waals surface area contributed by atoms with Gasteiger partial charge in [-0.25, -0.2) is 9.98 Å². The fourth-order valence-electron chi connectivity index (χ4n) is 2.78. The molecule has 0 spiro atoms. The zero-order chi connectivity index (χ0) is 16.7. The number of nitrogens with zero attached hydrogens (tertiary/aromatic N) is 4. The summed E-state index contributed by atoms with van der Waals surface area (Å²) in [7, 11) is 0. The van der Waals surface area contributed by atoms with Crippen LogP contribution in [0, 0.1) is 6.92 Å². The summed E-state index contributed by atoms with van der Waals surface area (Å²) < 4.78 is 0. The summed E-state index contributed by atoms with van der Waals surface area (Å²) in [6.07, 6.45) is 0. The van der Waals surface area contributed by atoms with Crippen LogP contribution in [0.2, 0.25) is 5.15 Å². The van der Waals surface area contributed by atoms with Gasteiger partial charge in [0.25, 0.3) is 5.91 Å². The molecule has 24 heavy (non-hydrogen) atoms. The number of para-hydroxylation sites is 1. The minimum atomic E-state index is -0.336. The lowest BCUT2D eigenvalue weighted by atomic mass is 10.1. The van der Waals surface area contributed by atoms with Crippen molar-refractivity contribution in [2.24, 2.45) is 9.98 Å². The van der Waals surface area contributed by atoms with Crippen LogP contribution in [0.3, 0.4) is 0 Å². The van der Waals surface area contributed by atoms with E-state index >= 15 is 0 Å². The molecule has 2 aromatic rings. The number of carbonyl (C=O) groups is 1. The molecular formula is C17H14ClN5O. The molecule has 0 saturated carbocycles. The Kier molecular flexibility index (Phi) is 3.54. The number of benzene rings is 1. The number of hydrogen-bond acceptors (Lipinski definition) is 5. The molecule has 2 aliphatic rings. The second-order valence-electron chi connectivity index (χ2n) is 5.55. The fraction of sp³-hybridized carbons (Fsp3) is 0.176. The molecule has 4 rings (SSSR count). The number of aromatic nitrogens is 1. The zero-order valence-electron chi connectivity index (χ0n) is 13.0. The van der Waals surface area contributed by atoms with Crippen molar-refractivity contribution in [3.8, 4) is 0 Å². The van der Waals surface area contributed by atoms with Crippen molar-refractivity contribution in [1.29, 1.82) is 0 Å². The Hall–Kier alpha value is -2.73. The predicted molar refractivity (Wildman–Crippen MR) is 93.1 cm³/mol. The van der Waals surface area contributed by atoms with E-state index in [1.807, 2.05) is 36.1 Å². The average molecular weight is 340 g/mol. The molecule has 120 valence electrons. The van der Waals surface area contributed by atoms with Gasteiger partial charge in [-0.2, -0.15) is 0 Å². The molecule has 0 fully saturated rings. The number of rotatable bonds is 1. The first-order chi connectivity index (χ1) is 11.6. The molecular weight excluding hydrogens is 326 g/mol. The van der Waals surface area contributed by atoms with E-state index in [0.717, 1.165) is 22.8 Å². The van der Waals surface area contributed by atoms with E-state index in [-0.39, 0.29) is 11.1 Å². The molecule has 0 bridgehead atoms. The predicted octanol–water partition coefficient (Wildman–Crippen LogP) is 2.54. The summed E-state index contributed by atoms with van der Waals surface area (Å²) in [6, 6.07) is 11.2. The number of amides is 1. The number of nitrogens with one attached hydrogen (secondary N) is 1. The van der Waals surface area contributed by atoms with E-state index in [1.165, 1.54) is 0 Å². The summed E-state index contributed by atoms with van der Waals surface area (Å²) in [5.41, 5.74) is 2.84. The number of halogens is 1. The van der Waals surface area contributed by atoms with Crippen LogP contribution < -0.4 is 5.32 Å². The molecule has 1 amide bonds. The SMILES string of the molecule is Cc1ccc(C(=O)NC2=Nc3ccccc3C3=NCCN23)c(Cl)n1. The highest BCUT2D eigenvalue weighted by Gasteiger charge is 2.30. The summed E-state index contributed by atoms with van der Waals surface area (Å²) in [5, 5.41) is 3.02. The normalized spacial score (nSPS) is 15.3. The molecule has 0 atom stereocenters. The van der Waals surface area contributed by atoms with Gasteiger partial charge in [0, 0.05) is 17.8 Å². The number of aryl methyl sites for hydroxylation is 1. The van der Waals surface area contributed by atoms with E-state index in [1.54, 1.807) is 12.1 Å². The van der Waals surface area contributed by atoms with Gasteiger partial charge in [0.05, 0.1) is 17.8 Å². The smallest absolute Gasteiger partial charge is 0.261 e. The first kappa shape index (κ1) is 14.8. The van der Waals surface area contributed by atoms with Gasteiger partial charge >= 0.3 is 0 Å². The molecule has 7 heteroatoms. The lowest BCUT2D eigenvalue weighted by Gasteiger charge is -2.27. The maximum atomic E-state index is 12.6. The van der Waals surface area contributed by atoms with Gasteiger partial charge < -0.3 is 0 Å². The largest absolute Gasteiger partial charge is 0.294 e. The number of pyridine rings is 1. The zero-order valence-corrected chi connectivity index (χ0v) is 13.7. The number of amidine groups is 1. The Morgan fingerprint density at radius 1 is 1.25 bits per heavy atom. The maximum Gasteiger partial charge on any atom is 0.261 e. The second-order valence-corrected chi connectivity index (χ2v) is 5.91. The second kappa shape index (κ2) is 5.72. The molecule has 6 nitrogen and oxygen atoms in total. The van der Waals surface area contributed by atoms with Gasteiger partial charge in [0.2, 0.25) is 5.96 Å². The third-order valence-electron chi connectivity index (χ3n) is 3.93. The van der Waals surface area contributed by atoms with Crippen LogP contribution in [0.4, 0.5) is 5.69 Å². The number of hydrogen-bond donors (Lipinski definition) is 1. The van der Waals surface area contributed by atoms with Gasteiger partial charge in [0.1, 0.15) is 11.0 Å². The molecule has 0 aliphatic carbocycles. The minimum Gasteiger partial charge on any atom is -0.294 e. The van der Waals surface area contributed by atoms with E-state index < -0.39 is 0 Å². The van der Waals surface area contributed by atoms with E-state index in [0.29, 0.717) is 24.6 Å². The molecule has 0 unspecified atom stereocenters. The topological polar surface area (TPSA) is 70.0 Å². The Morgan fingerprint density at radius 2 is 2.08 bits per heavy atom. The van der Waals surface area contributed by atoms with Crippen molar-refractivity contribution in [2.75, 3.05) is 13.1 Å². The van der Waals surface area contributed by atoms with Crippen LogP contribution in [-0.2, 0) is 0 Å². The Morgan fingerprint density at radius 3 is 2.92 bits per heavy atom. The molecule has 0 radical (unpaired) electrons. The molecule has 1 N–H and O–H groups in total. The van der Waals surface area contributed by atoms with Gasteiger partial charge in [0.15, 0.2) is 0 Å². The Labute approximate surface area is 143 Å². The van der Waals surface area contributed by atoms with Gasteiger partial charge in [-0.3, -0.25) is 20.0 Å². The van der Waals surface area contributed by atoms with Crippen LogP contribution in [0.5, 0.6) is 0 Å². The van der Waals surface area contributed by atoms with Crippen LogP contribution in [0.25, 0.3) is 0 Å². The summed E-state index contributed by atoms with van der Waals surface area (Å²) in [6.45, 7) is 3.18. The lowest BCUT2D eigenvalue weighted by molar-refractivity contribution is 0.0974. The molecule has 0 saturated heterocycles. The minimum absolute atomic E-state index is 0.180. The van der Waals surface area contributed by atoms with Crippen molar-refractivity contribution in [2.45, 2.75) is 6.92 Å². The van der Waals surface area contributed by atoms with Crippen LogP contribution >= 0.6 is 11.6 Å². The molecule has 2 aliphatic heterocycles. The number of aliphatic imine (C=N–C) groups is 2. The highest BCUT2D eigenvalue weighted by Crippen LogP contribution is 2.27. The number of guanidine groups is 1. The van der Waals surface area contributed by atoms with Crippen molar-refractivity contribution in [3.63, 3.8) is 0 Å². The van der Waals surface area contributed by atoms with Crippen molar-refractivity contribution < 1.29 is 4.79 Å². The summed E-state index contributed by atoms with van der Waals surface area (Å²) >= 11 is 6.09. The quantitative estimate of drug-likeness (QED) is 0.812. The Balaban J connectivity index is 1.68. The summed E-state index contributed by atoms with van der Waals surface area (Å²) in [5.74, 6) is 0.965. The lowest BCUT2D eigenvalue weighted by Crippen LogP contribution is -2.47. The van der Waals surface area contributed by atoms with Gasteiger partial charge in [-0.15, -0.1) is 0 Å². The van der Waals surface area contributed by atoms with Crippen LogP contribution in [0.1, 0.15) is 21.6 Å². The van der Waals surface area contributed by atoms with Crippen LogP contribution in [0.15, 0.2) is 46.4 Å². The maximum absolute atomic E-state index is 12.6. The van der Waals surface area contributed by atoms with Crippen molar-refractivity contribution >= 4 is 35.0 Å². The van der Waals surface area contributed by atoms with Gasteiger partial charge in [-0.1, -0.05) is 23.7 Å². The molecule has 1 aromatic heterocycles. The monoisotopic (exact) mass is 339 g/mol. The fourth-order valence-corrected chi connectivity index (χ4v) is 3.06. The first-order valence-corrected chi connectivity index (χ1v) is 7.96. The third-order valence-corrected chi connectivity index (χ3v) is 4.21. The Bertz CT molecular complexity index is 906. The molecule has 3 heterocycles. The van der Waals surface area contributed by atoms with Gasteiger partial charge in [-0.05, 0) is 31.2 Å². The van der Waals surface area contributed by atoms with Crippen molar-refractivity contribution in [1.82, 2.24) is 15.2 Å². The highest BCUT2D eigenvalue weighted by molar-refractivity contribution is 6.33. The number of fused-ring (bicyclic) bond motifs is 3. The number of carbonyl (C=O) groups excluding carboxylic acids is 1. The summed E-state index contributed by atoms with van der Waals surface area (Å²) in [4.78, 5) is 27.7. The average Bonchev–Trinajstić information content (AvgIpc) is 3.05. The molecule has 1 aromatic carbocycles. The van der Waals surface area contributed by atoms with E-state index in [2.05, 4.69) is 20.3 Å². The van der Waals surface area contributed by atoms with Crippen LogP contribution in [-0.4, -0.2) is 40.7 Å². The van der Waals surface area contributed by atoms with E-state index in [9.17, 15) is 4.79 Å². The first-order valence-electron chi connectivity index (χ1n) is 7.58.